The summed E-state index contributed by atoms with van der Waals surface area (Å²) < 4.78 is 40.2. The Balaban J connectivity index is 1.56. The first-order chi connectivity index (χ1) is 13.8. The molecule has 0 aliphatic heterocycles. The van der Waals surface area contributed by atoms with Gasteiger partial charge in [0.25, 0.3) is 0 Å². The number of carbonyl (C=O) groups excluding carboxylic acids is 1. The van der Waals surface area contributed by atoms with E-state index in [4.69, 9.17) is 0 Å². The van der Waals surface area contributed by atoms with Crippen LogP contribution in [0.4, 0.5) is 18.9 Å². The number of aromatic nitrogens is 3. The van der Waals surface area contributed by atoms with Crippen LogP contribution in [0.1, 0.15) is 12.5 Å². The topological polar surface area (TPSA) is 59.3 Å². The zero-order valence-corrected chi connectivity index (χ0v) is 16.0. The molecule has 2 aromatic heterocycles. The van der Waals surface area contributed by atoms with Crippen LogP contribution in [0.2, 0.25) is 0 Å². The summed E-state index contributed by atoms with van der Waals surface area (Å²) >= 11 is 1.04. The third-order valence-corrected chi connectivity index (χ3v) is 5.45. The molecule has 4 aromatic rings. The number of alkyl halides is 3. The largest absolute Gasteiger partial charge is 0.417 e. The Morgan fingerprint density at radius 3 is 2.62 bits per heavy atom. The van der Waals surface area contributed by atoms with Gasteiger partial charge in [-0.3, -0.25) is 9.20 Å². The van der Waals surface area contributed by atoms with Gasteiger partial charge in [0, 0.05) is 17.3 Å². The lowest BCUT2D eigenvalue weighted by Crippen LogP contribution is -2.22. The normalized spacial score (nSPS) is 13.0. The average Bonchev–Trinajstić information content (AvgIpc) is 3.09. The van der Waals surface area contributed by atoms with Crippen LogP contribution in [0.5, 0.6) is 0 Å². The first-order valence-electron chi connectivity index (χ1n) is 8.70. The number of fused-ring (bicyclic) bond motifs is 2. The fourth-order valence-electron chi connectivity index (χ4n) is 2.90. The van der Waals surface area contributed by atoms with Gasteiger partial charge in [-0.05, 0) is 30.5 Å². The summed E-state index contributed by atoms with van der Waals surface area (Å²) in [6, 6.07) is 15.5. The minimum atomic E-state index is -4.47. The monoisotopic (exact) mass is 416 g/mol. The first-order valence-corrected chi connectivity index (χ1v) is 9.58. The van der Waals surface area contributed by atoms with Crippen molar-refractivity contribution in [3.05, 3.63) is 66.4 Å². The molecule has 2 heterocycles. The standard InChI is InChI=1S/C20H15F3N4OS/c1-12(18(28)24-16-8-4-6-13-5-2-3-7-15(13)16)29-19-26-25-17-10-9-14(11-27(17)19)20(21,22)23/h2-12H,1H3,(H,24,28). The maximum atomic E-state index is 13.0. The Kier molecular flexibility index (Phi) is 4.91. The maximum absolute atomic E-state index is 13.0. The van der Waals surface area contributed by atoms with E-state index in [0.717, 1.165) is 34.8 Å². The number of benzene rings is 2. The molecule has 0 radical (unpaired) electrons. The van der Waals surface area contributed by atoms with Gasteiger partial charge in [-0.2, -0.15) is 13.2 Å². The smallest absolute Gasteiger partial charge is 0.325 e. The van der Waals surface area contributed by atoms with Gasteiger partial charge < -0.3 is 5.32 Å². The predicted molar refractivity (Wildman–Crippen MR) is 106 cm³/mol. The van der Waals surface area contributed by atoms with E-state index < -0.39 is 17.0 Å². The Hall–Kier alpha value is -3.07. The van der Waals surface area contributed by atoms with Gasteiger partial charge in [0.1, 0.15) is 0 Å². The second kappa shape index (κ2) is 7.40. The zero-order chi connectivity index (χ0) is 20.6. The predicted octanol–water partition coefficient (Wildman–Crippen LogP) is 5.02. The van der Waals surface area contributed by atoms with Gasteiger partial charge in [-0.1, -0.05) is 48.2 Å². The van der Waals surface area contributed by atoms with E-state index in [1.54, 1.807) is 13.0 Å². The van der Waals surface area contributed by atoms with Gasteiger partial charge >= 0.3 is 6.18 Å². The molecule has 0 saturated heterocycles. The number of pyridine rings is 1. The van der Waals surface area contributed by atoms with Crippen molar-refractivity contribution < 1.29 is 18.0 Å². The van der Waals surface area contributed by atoms with Gasteiger partial charge in [0.2, 0.25) is 5.91 Å². The number of thioether (sulfide) groups is 1. The lowest BCUT2D eigenvalue weighted by atomic mass is 10.1. The van der Waals surface area contributed by atoms with Crippen LogP contribution in [-0.2, 0) is 11.0 Å². The molecule has 148 valence electrons. The fourth-order valence-corrected chi connectivity index (χ4v) is 3.73. The van der Waals surface area contributed by atoms with E-state index in [1.165, 1.54) is 10.5 Å². The number of nitrogens with zero attached hydrogens (tertiary/aromatic N) is 3. The Morgan fingerprint density at radius 2 is 1.83 bits per heavy atom. The Bertz CT molecular complexity index is 1200. The molecule has 0 aliphatic rings. The maximum Gasteiger partial charge on any atom is 0.417 e. The van der Waals surface area contributed by atoms with Gasteiger partial charge in [0.05, 0.1) is 10.8 Å². The summed E-state index contributed by atoms with van der Waals surface area (Å²) in [4.78, 5) is 12.7. The van der Waals surface area contributed by atoms with Gasteiger partial charge in [-0.15, -0.1) is 10.2 Å². The highest BCUT2D eigenvalue weighted by molar-refractivity contribution is 8.00. The number of nitrogens with one attached hydrogen (secondary N) is 1. The summed E-state index contributed by atoms with van der Waals surface area (Å²) in [5.41, 5.74) is 0.146. The summed E-state index contributed by atoms with van der Waals surface area (Å²) in [5.74, 6) is -0.282. The molecule has 0 spiro atoms. The van der Waals surface area contributed by atoms with Crippen LogP contribution in [-0.4, -0.2) is 25.8 Å². The third kappa shape index (κ3) is 3.91. The molecule has 1 amide bonds. The summed E-state index contributed by atoms with van der Waals surface area (Å²) in [6.07, 6.45) is -3.54. The number of halogens is 3. The molecule has 4 rings (SSSR count). The van der Waals surface area contributed by atoms with Gasteiger partial charge in [0.15, 0.2) is 10.8 Å². The number of amides is 1. The molecule has 9 heteroatoms. The van der Waals surface area contributed by atoms with Crippen molar-refractivity contribution in [3.8, 4) is 0 Å². The number of carbonyl (C=O) groups is 1. The van der Waals surface area contributed by atoms with Crippen molar-refractivity contribution in [2.75, 3.05) is 5.32 Å². The molecule has 0 bridgehead atoms. The van der Waals surface area contributed by atoms with E-state index in [9.17, 15) is 18.0 Å². The van der Waals surface area contributed by atoms with Crippen LogP contribution < -0.4 is 5.32 Å². The second-order valence-corrected chi connectivity index (χ2v) is 7.71. The third-order valence-electron chi connectivity index (χ3n) is 4.40. The lowest BCUT2D eigenvalue weighted by molar-refractivity contribution is -0.137. The quantitative estimate of drug-likeness (QED) is 0.475. The van der Waals surface area contributed by atoms with Crippen LogP contribution in [0.3, 0.4) is 0 Å². The highest BCUT2D eigenvalue weighted by atomic mass is 32.2. The highest BCUT2D eigenvalue weighted by Gasteiger charge is 2.31. The van der Waals surface area contributed by atoms with E-state index in [-0.39, 0.29) is 16.7 Å². The Morgan fingerprint density at radius 1 is 1.07 bits per heavy atom. The molecule has 2 aromatic carbocycles. The van der Waals surface area contributed by atoms with Crippen molar-refractivity contribution in [2.45, 2.75) is 23.5 Å². The fraction of sp³-hybridized carbons (Fsp3) is 0.150. The van der Waals surface area contributed by atoms with E-state index in [0.29, 0.717) is 5.69 Å². The minimum absolute atomic E-state index is 0.215. The number of hydrogen-bond donors (Lipinski definition) is 1. The first kappa shape index (κ1) is 19.3. The van der Waals surface area contributed by atoms with Gasteiger partial charge in [-0.25, -0.2) is 0 Å². The van der Waals surface area contributed by atoms with E-state index in [2.05, 4.69) is 15.5 Å². The van der Waals surface area contributed by atoms with Crippen molar-refractivity contribution in [3.63, 3.8) is 0 Å². The van der Waals surface area contributed by atoms with Crippen LogP contribution in [0.25, 0.3) is 16.4 Å². The number of rotatable bonds is 4. The molecular weight excluding hydrogens is 401 g/mol. The molecule has 1 N–H and O–H groups in total. The number of hydrogen-bond acceptors (Lipinski definition) is 4. The second-order valence-electron chi connectivity index (χ2n) is 6.40. The van der Waals surface area contributed by atoms with Crippen molar-refractivity contribution in [2.24, 2.45) is 0 Å². The highest BCUT2D eigenvalue weighted by Crippen LogP contribution is 2.31. The molecular formula is C20H15F3N4OS. The molecule has 5 nitrogen and oxygen atoms in total. The zero-order valence-electron chi connectivity index (χ0n) is 15.1. The van der Waals surface area contributed by atoms with E-state index >= 15 is 0 Å². The molecule has 0 fully saturated rings. The average molecular weight is 416 g/mol. The number of anilines is 1. The lowest BCUT2D eigenvalue weighted by Gasteiger charge is -2.13. The molecule has 1 unspecified atom stereocenters. The summed E-state index contributed by atoms with van der Waals surface area (Å²) in [6.45, 7) is 1.67. The molecule has 0 aliphatic carbocycles. The molecule has 0 saturated carbocycles. The minimum Gasteiger partial charge on any atom is -0.325 e. The van der Waals surface area contributed by atoms with Crippen molar-refractivity contribution >= 4 is 39.8 Å². The van der Waals surface area contributed by atoms with E-state index in [1.807, 2.05) is 36.4 Å². The molecule has 1 atom stereocenters. The Labute approximate surface area is 167 Å². The van der Waals surface area contributed by atoms with Crippen LogP contribution >= 0.6 is 11.8 Å². The summed E-state index contributed by atoms with van der Waals surface area (Å²) in [5, 5.41) is 12.2. The van der Waals surface area contributed by atoms with Crippen molar-refractivity contribution in [1.29, 1.82) is 0 Å². The van der Waals surface area contributed by atoms with Crippen LogP contribution in [0, 0.1) is 0 Å². The summed E-state index contributed by atoms with van der Waals surface area (Å²) in [7, 11) is 0. The van der Waals surface area contributed by atoms with Crippen LogP contribution in [0.15, 0.2) is 66.0 Å². The SMILES string of the molecule is CC(Sc1nnc2ccc(C(F)(F)F)cn12)C(=O)Nc1cccc2ccccc12. The molecule has 29 heavy (non-hydrogen) atoms. The van der Waals surface area contributed by atoms with Crippen molar-refractivity contribution in [1.82, 2.24) is 14.6 Å².